The topological polar surface area (TPSA) is 69.2 Å². The third kappa shape index (κ3) is 6.35. The Morgan fingerprint density at radius 1 is 1.30 bits per heavy atom. The van der Waals surface area contributed by atoms with Crippen molar-refractivity contribution in [2.45, 2.75) is 51.0 Å². The van der Waals surface area contributed by atoms with Gasteiger partial charge >= 0.3 is 0 Å². The van der Waals surface area contributed by atoms with E-state index in [9.17, 15) is 4.79 Å². The van der Waals surface area contributed by atoms with Gasteiger partial charge in [0.15, 0.2) is 5.96 Å². The van der Waals surface area contributed by atoms with Crippen LogP contribution in [0.3, 0.4) is 0 Å². The van der Waals surface area contributed by atoms with Gasteiger partial charge in [-0.25, -0.2) is 0 Å². The molecule has 0 radical (unpaired) electrons. The molecule has 1 saturated heterocycles. The van der Waals surface area contributed by atoms with Gasteiger partial charge in [0.05, 0.1) is 6.04 Å². The highest BCUT2D eigenvalue weighted by Crippen LogP contribution is 2.43. The molecule has 0 aromatic rings. The molecule has 156 valence electrons. The van der Waals surface area contributed by atoms with Gasteiger partial charge in [-0.3, -0.25) is 14.7 Å². The maximum atomic E-state index is 12.3. The molecular formula is C20H39N5O2. The molecule has 2 aliphatic rings. The quantitative estimate of drug-likeness (QED) is 0.339. The molecule has 7 nitrogen and oxygen atoms in total. The summed E-state index contributed by atoms with van der Waals surface area (Å²) >= 11 is 0. The van der Waals surface area contributed by atoms with Crippen LogP contribution in [0.5, 0.6) is 0 Å². The Bertz CT molecular complexity index is 491. The number of hydrogen-bond donors (Lipinski definition) is 2. The minimum atomic E-state index is 0.0664. The SMILES string of the molecule is CN=C(NCCCN1CCCC1C(=O)N(C)C)NCC1(CCOC)CCC1. The number of likely N-dealkylation sites (N-methyl/N-ethyl adjacent to an activating group) is 1. The Kier molecular flexibility index (Phi) is 8.83. The third-order valence-corrected chi connectivity index (χ3v) is 6.11. The summed E-state index contributed by atoms with van der Waals surface area (Å²) in [6, 6.07) is 0.0664. The molecule has 1 amide bonds. The lowest BCUT2D eigenvalue weighted by atomic mass is 9.67. The van der Waals surface area contributed by atoms with Crippen molar-refractivity contribution in [2.24, 2.45) is 10.4 Å². The summed E-state index contributed by atoms with van der Waals surface area (Å²) in [5, 5.41) is 6.92. The number of carbonyl (C=O) groups is 1. The summed E-state index contributed by atoms with van der Waals surface area (Å²) in [6.45, 7) is 4.63. The van der Waals surface area contributed by atoms with Gasteiger partial charge in [-0.15, -0.1) is 0 Å². The van der Waals surface area contributed by atoms with Gasteiger partial charge < -0.3 is 20.3 Å². The molecule has 2 rings (SSSR count). The van der Waals surface area contributed by atoms with Crippen LogP contribution in [0.25, 0.3) is 0 Å². The molecule has 0 aromatic heterocycles. The fourth-order valence-electron chi connectivity index (χ4n) is 4.16. The van der Waals surface area contributed by atoms with Gasteiger partial charge in [-0.05, 0) is 50.5 Å². The summed E-state index contributed by atoms with van der Waals surface area (Å²) in [7, 11) is 7.29. The monoisotopic (exact) mass is 381 g/mol. The fraction of sp³-hybridized carbons (Fsp3) is 0.900. The number of ether oxygens (including phenoxy) is 1. The number of aliphatic imine (C=N–C) groups is 1. The van der Waals surface area contributed by atoms with Crippen molar-refractivity contribution in [2.75, 3.05) is 61.0 Å². The molecule has 0 bridgehead atoms. The van der Waals surface area contributed by atoms with Crippen LogP contribution in [0.15, 0.2) is 4.99 Å². The summed E-state index contributed by atoms with van der Waals surface area (Å²) < 4.78 is 5.27. The number of amides is 1. The molecule has 1 atom stereocenters. The van der Waals surface area contributed by atoms with Crippen molar-refractivity contribution in [3.8, 4) is 0 Å². The van der Waals surface area contributed by atoms with Crippen LogP contribution in [-0.2, 0) is 9.53 Å². The van der Waals surface area contributed by atoms with Crippen molar-refractivity contribution < 1.29 is 9.53 Å². The van der Waals surface area contributed by atoms with Gasteiger partial charge in [0.2, 0.25) is 5.91 Å². The van der Waals surface area contributed by atoms with E-state index in [1.165, 1.54) is 19.3 Å². The molecule has 1 heterocycles. The summed E-state index contributed by atoms with van der Waals surface area (Å²) in [5.41, 5.74) is 0.378. The number of methoxy groups -OCH3 is 1. The summed E-state index contributed by atoms with van der Waals surface area (Å²) in [6.07, 6.45) is 8.09. The fourth-order valence-corrected chi connectivity index (χ4v) is 4.16. The molecule has 2 N–H and O–H groups in total. The lowest BCUT2D eigenvalue weighted by Crippen LogP contribution is -2.47. The third-order valence-electron chi connectivity index (χ3n) is 6.11. The van der Waals surface area contributed by atoms with E-state index in [0.29, 0.717) is 5.41 Å². The zero-order valence-corrected chi connectivity index (χ0v) is 17.7. The van der Waals surface area contributed by atoms with Crippen LogP contribution >= 0.6 is 0 Å². The largest absolute Gasteiger partial charge is 0.385 e. The van der Waals surface area contributed by atoms with Crippen LogP contribution < -0.4 is 10.6 Å². The molecule has 1 saturated carbocycles. The predicted octanol–water partition coefficient (Wildman–Crippen LogP) is 1.30. The van der Waals surface area contributed by atoms with E-state index in [-0.39, 0.29) is 11.9 Å². The van der Waals surface area contributed by atoms with Crippen molar-refractivity contribution in [1.82, 2.24) is 20.4 Å². The Morgan fingerprint density at radius 2 is 2.07 bits per heavy atom. The maximum absolute atomic E-state index is 12.3. The maximum Gasteiger partial charge on any atom is 0.239 e. The Labute approximate surface area is 164 Å². The van der Waals surface area contributed by atoms with Crippen molar-refractivity contribution in [1.29, 1.82) is 0 Å². The van der Waals surface area contributed by atoms with Crippen LogP contribution in [0, 0.1) is 5.41 Å². The van der Waals surface area contributed by atoms with E-state index in [4.69, 9.17) is 4.74 Å². The van der Waals surface area contributed by atoms with Crippen LogP contribution in [0.1, 0.15) is 44.9 Å². The van der Waals surface area contributed by atoms with E-state index in [0.717, 1.165) is 64.4 Å². The second kappa shape index (κ2) is 10.9. The number of rotatable bonds is 10. The Balaban J connectivity index is 1.67. The number of nitrogens with zero attached hydrogens (tertiary/aromatic N) is 3. The van der Waals surface area contributed by atoms with E-state index in [1.807, 2.05) is 21.1 Å². The average molecular weight is 382 g/mol. The number of nitrogens with one attached hydrogen (secondary N) is 2. The molecule has 27 heavy (non-hydrogen) atoms. The van der Waals surface area contributed by atoms with E-state index < -0.39 is 0 Å². The summed E-state index contributed by atoms with van der Waals surface area (Å²) in [4.78, 5) is 20.7. The van der Waals surface area contributed by atoms with Crippen molar-refractivity contribution >= 4 is 11.9 Å². The smallest absolute Gasteiger partial charge is 0.239 e. The summed E-state index contributed by atoms with van der Waals surface area (Å²) in [5.74, 6) is 1.11. The molecule has 1 aliphatic heterocycles. The first kappa shape index (κ1) is 22.0. The van der Waals surface area contributed by atoms with E-state index in [1.54, 1.807) is 12.0 Å². The highest BCUT2D eigenvalue weighted by Gasteiger charge is 2.36. The number of guanidine groups is 1. The molecule has 2 fully saturated rings. The lowest BCUT2D eigenvalue weighted by molar-refractivity contribution is -0.133. The van der Waals surface area contributed by atoms with Gasteiger partial charge in [-0.1, -0.05) is 6.42 Å². The lowest BCUT2D eigenvalue weighted by Gasteiger charge is -2.42. The second-order valence-corrected chi connectivity index (χ2v) is 8.23. The Morgan fingerprint density at radius 3 is 2.67 bits per heavy atom. The van der Waals surface area contributed by atoms with E-state index in [2.05, 4.69) is 20.5 Å². The van der Waals surface area contributed by atoms with Gasteiger partial charge in [-0.2, -0.15) is 0 Å². The Hall–Kier alpha value is -1.34. The zero-order valence-electron chi connectivity index (χ0n) is 17.7. The molecular weight excluding hydrogens is 342 g/mol. The second-order valence-electron chi connectivity index (χ2n) is 8.23. The number of hydrogen-bond acceptors (Lipinski definition) is 4. The molecule has 7 heteroatoms. The zero-order chi connectivity index (χ0) is 19.7. The highest BCUT2D eigenvalue weighted by atomic mass is 16.5. The number of carbonyl (C=O) groups excluding carboxylic acids is 1. The van der Waals surface area contributed by atoms with E-state index >= 15 is 0 Å². The first-order valence-electron chi connectivity index (χ1n) is 10.4. The normalized spacial score (nSPS) is 22.4. The molecule has 1 aliphatic carbocycles. The minimum absolute atomic E-state index is 0.0664. The van der Waals surface area contributed by atoms with Gasteiger partial charge in [0.1, 0.15) is 0 Å². The van der Waals surface area contributed by atoms with Crippen LogP contribution in [0.2, 0.25) is 0 Å². The molecule has 0 aromatic carbocycles. The number of likely N-dealkylation sites (tertiary alicyclic amines) is 1. The van der Waals surface area contributed by atoms with Gasteiger partial charge in [0, 0.05) is 54.5 Å². The van der Waals surface area contributed by atoms with Crippen LogP contribution in [-0.4, -0.2) is 88.7 Å². The predicted molar refractivity (Wildman–Crippen MR) is 110 cm³/mol. The van der Waals surface area contributed by atoms with Crippen molar-refractivity contribution in [3.05, 3.63) is 0 Å². The molecule has 0 spiro atoms. The average Bonchev–Trinajstić information content (AvgIpc) is 3.09. The molecule has 1 unspecified atom stereocenters. The minimum Gasteiger partial charge on any atom is -0.385 e. The first-order chi connectivity index (χ1) is 13.0. The van der Waals surface area contributed by atoms with Gasteiger partial charge in [0.25, 0.3) is 0 Å². The van der Waals surface area contributed by atoms with Crippen molar-refractivity contribution in [3.63, 3.8) is 0 Å². The van der Waals surface area contributed by atoms with Crippen LogP contribution in [0.4, 0.5) is 0 Å². The first-order valence-corrected chi connectivity index (χ1v) is 10.4. The standard InChI is InChI=1S/C20H39N5O2/c1-21-19(23-16-20(9-6-10-20)11-15-27-4)22-12-7-14-25-13-5-8-17(25)18(26)24(2)3/h17H,5-16H2,1-4H3,(H2,21,22,23). The highest BCUT2D eigenvalue weighted by molar-refractivity contribution is 5.81.